The minimum atomic E-state index is -0.221. The maximum absolute atomic E-state index is 14.2. The lowest BCUT2D eigenvalue weighted by molar-refractivity contribution is 0.355. The molecule has 0 radical (unpaired) electrons. The second kappa shape index (κ2) is 5.50. The van der Waals surface area contributed by atoms with E-state index in [0.29, 0.717) is 11.7 Å². The van der Waals surface area contributed by atoms with Crippen molar-refractivity contribution in [2.45, 2.75) is 31.7 Å². The Balaban J connectivity index is 2.29. The normalized spacial score (nSPS) is 18.3. The van der Waals surface area contributed by atoms with Crippen LogP contribution in [0.4, 0.5) is 4.39 Å². The number of benzene rings is 1. The summed E-state index contributed by atoms with van der Waals surface area (Å²) >= 11 is 0. The van der Waals surface area contributed by atoms with Crippen LogP contribution in [0.3, 0.4) is 0 Å². The number of hydrogen-bond acceptors (Lipinski definition) is 2. The SMILES string of the molecule is CNC(c1cccc(OC)c1F)C1CCCC1. The van der Waals surface area contributed by atoms with E-state index in [1.807, 2.05) is 19.2 Å². The summed E-state index contributed by atoms with van der Waals surface area (Å²) in [5.41, 5.74) is 0.735. The predicted octanol–water partition coefficient (Wildman–Crippen LogP) is 3.29. The summed E-state index contributed by atoms with van der Waals surface area (Å²) in [7, 11) is 3.41. The number of hydrogen-bond donors (Lipinski definition) is 1. The van der Waals surface area contributed by atoms with Gasteiger partial charge in [-0.25, -0.2) is 4.39 Å². The van der Waals surface area contributed by atoms with E-state index in [1.54, 1.807) is 6.07 Å². The van der Waals surface area contributed by atoms with Crippen LogP contribution in [-0.2, 0) is 0 Å². The Hall–Kier alpha value is -1.09. The summed E-state index contributed by atoms with van der Waals surface area (Å²) in [5.74, 6) is 0.656. The molecule has 0 aliphatic heterocycles. The molecule has 0 spiro atoms. The summed E-state index contributed by atoms with van der Waals surface area (Å²) in [6.45, 7) is 0. The van der Waals surface area contributed by atoms with Crippen LogP contribution in [0.5, 0.6) is 5.75 Å². The van der Waals surface area contributed by atoms with Crippen molar-refractivity contribution in [3.05, 3.63) is 29.6 Å². The van der Waals surface area contributed by atoms with Crippen LogP contribution < -0.4 is 10.1 Å². The second-order valence-electron chi connectivity index (χ2n) is 4.67. The third-order valence-electron chi connectivity index (χ3n) is 3.73. The molecule has 0 bridgehead atoms. The highest BCUT2D eigenvalue weighted by atomic mass is 19.1. The van der Waals surface area contributed by atoms with Gasteiger partial charge in [0.1, 0.15) is 0 Å². The third-order valence-corrected chi connectivity index (χ3v) is 3.73. The van der Waals surface area contributed by atoms with Gasteiger partial charge in [0.05, 0.1) is 7.11 Å². The molecule has 2 rings (SSSR count). The molecule has 1 aliphatic rings. The highest BCUT2D eigenvalue weighted by molar-refractivity contribution is 5.33. The Bertz CT molecular complexity index is 374. The average Bonchev–Trinajstić information content (AvgIpc) is 2.86. The lowest BCUT2D eigenvalue weighted by atomic mass is 9.91. The smallest absolute Gasteiger partial charge is 0.169 e. The predicted molar refractivity (Wildman–Crippen MR) is 66.7 cm³/mol. The molecule has 17 heavy (non-hydrogen) atoms. The third kappa shape index (κ3) is 2.44. The van der Waals surface area contributed by atoms with Gasteiger partial charge in [0.25, 0.3) is 0 Å². The van der Waals surface area contributed by atoms with Gasteiger partial charge in [0.2, 0.25) is 0 Å². The summed E-state index contributed by atoms with van der Waals surface area (Å²) < 4.78 is 19.2. The van der Waals surface area contributed by atoms with E-state index in [4.69, 9.17) is 4.74 Å². The highest BCUT2D eigenvalue weighted by Crippen LogP contribution is 2.37. The number of methoxy groups -OCH3 is 1. The van der Waals surface area contributed by atoms with Crippen LogP contribution >= 0.6 is 0 Å². The molecule has 2 nitrogen and oxygen atoms in total. The Morgan fingerprint density at radius 3 is 2.65 bits per heavy atom. The van der Waals surface area contributed by atoms with Crippen LogP contribution in [0.25, 0.3) is 0 Å². The lowest BCUT2D eigenvalue weighted by Gasteiger charge is -2.24. The van der Waals surface area contributed by atoms with Crippen molar-refractivity contribution in [2.24, 2.45) is 5.92 Å². The van der Waals surface area contributed by atoms with Crippen LogP contribution in [0.15, 0.2) is 18.2 Å². The van der Waals surface area contributed by atoms with Crippen LogP contribution in [0.2, 0.25) is 0 Å². The largest absolute Gasteiger partial charge is 0.494 e. The first kappa shape index (κ1) is 12.4. The molecule has 3 heteroatoms. The lowest BCUT2D eigenvalue weighted by Crippen LogP contribution is -2.24. The number of halogens is 1. The summed E-state index contributed by atoms with van der Waals surface area (Å²) in [6, 6.07) is 5.49. The fourth-order valence-electron chi connectivity index (χ4n) is 2.86. The average molecular weight is 237 g/mol. The van der Waals surface area contributed by atoms with E-state index in [1.165, 1.54) is 32.8 Å². The molecule has 1 N–H and O–H groups in total. The van der Waals surface area contributed by atoms with Gasteiger partial charge in [0, 0.05) is 11.6 Å². The van der Waals surface area contributed by atoms with Gasteiger partial charge in [-0.05, 0) is 31.9 Å². The quantitative estimate of drug-likeness (QED) is 0.867. The van der Waals surface area contributed by atoms with E-state index >= 15 is 0 Å². The Kier molecular flexibility index (Phi) is 4.00. The molecule has 1 aromatic carbocycles. The zero-order chi connectivity index (χ0) is 12.3. The molecule has 0 aromatic heterocycles. The first-order chi connectivity index (χ1) is 8.27. The zero-order valence-electron chi connectivity index (χ0n) is 10.5. The van der Waals surface area contributed by atoms with E-state index in [2.05, 4.69) is 5.32 Å². The molecule has 1 unspecified atom stereocenters. The molecule has 1 saturated carbocycles. The Labute approximate surface area is 102 Å². The first-order valence-electron chi connectivity index (χ1n) is 6.27. The van der Waals surface area contributed by atoms with Gasteiger partial charge in [-0.15, -0.1) is 0 Å². The number of rotatable bonds is 4. The zero-order valence-corrected chi connectivity index (χ0v) is 10.5. The minimum absolute atomic E-state index is 0.104. The van der Waals surface area contributed by atoms with Crippen molar-refractivity contribution in [2.75, 3.05) is 14.2 Å². The van der Waals surface area contributed by atoms with Gasteiger partial charge < -0.3 is 10.1 Å². The first-order valence-corrected chi connectivity index (χ1v) is 6.27. The molecule has 0 saturated heterocycles. The molecule has 1 aliphatic carbocycles. The van der Waals surface area contributed by atoms with Gasteiger partial charge in [0.15, 0.2) is 11.6 Å². The molecule has 1 fully saturated rings. The van der Waals surface area contributed by atoms with Gasteiger partial charge >= 0.3 is 0 Å². The molecule has 1 aromatic rings. The molecule has 0 amide bonds. The van der Waals surface area contributed by atoms with Crippen LogP contribution in [0, 0.1) is 11.7 Å². The summed E-state index contributed by atoms with van der Waals surface area (Å²) in [6.07, 6.45) is 4.88. The van der Waals surface area contributed by atoms with E-state index in [-0.39, 0.29) is 11.9 Å². The van der Waals surface area contributed by atoms with Crippen molar-refractivity contribution in [1.29, 1.82) is 0 Å². The standard InChI is InChI=1S/C14H20FNO/c1-16-14(10-6-3-4-7-10)11-8-5-9-12(17-2)13(11)15/h5,8-10,14,16H,3-4,6-7H2,1-2H3. The summed E-state index contributed by atoms with van der Waals surface area (Å²) in [4.78, 5) is 0. The fraction of sp³-hybridized carbons (Fsp3) is 0.571. The number of ether oxygens (including phenoxy) is 1. The Morgan fingerprint density at radius 2 is 2.06 bits per heavy atom. The maximum atomic E-state index is 14.2. The minimum Gasteiger partial charge on any atom is -0.494 e. The second-order valence-corrected chi connectivity index (χ2v) is 4.67. The highest BCUT2D eigenvalue weighted by Gasteiger charge is 2.27. The monoisotopic (exact) mass is 237 g/mol. The van der Waals surface area contributed by atoms with Crippen LogP contribution in [-0.4, -0.2) is 14.2 Å². The molecule has 94 valence electrons. The van der Waals surface area contributed by atoms with Crippen molar-refractivity contribution >= 4 is 0 Å². The van der Waals surface area contributed by atoms with Crippen LogP contribution in [0.1, 0.15) is 37.3 Å². The molecule has 1 atom stereocenters. The molecular weight excluding hydrogens is 217 g/mol. The number of nitrogens with one attached hydrogen (secondary N) is 1. The van der Waals surface area contributed by atoms with Crippen molar-refractivity contribution in [3.63, 3.8) is 0 Å². The van der Waals surface area contributed by atoms with Crippen molar-refractivity contribution in [1.82, 2.24) is 5.32 Å². The van der Waals surface area contributed by atoms with Crippen molar-refractivity contribution in [3.8, 4) is 5.75 Å². The van der Waals surface area contributed by atoms with E-state index in [9.17, 15) is 4.39 Å². The Morgan fingerprint density at radius 1 is 1.35 bits per heavy atom. The molecule has 0 heterocycles. The maximum Gasteiger partial charge on any atom is 0.169 e. The van der Waals surface area contributed by atoms with E-state index in [0.717, 1.165) is 5.56 Å². The molecular formula is C14H20FNO. The fourth-order valence-corrected chi connectivity index (χ4v) is 2.86. The van der Waals surface area contributed by atoms with Crippen molar-refractivity contribution < 1.29 is 9.13 Å². The van der Waals surface area contributed by atoms with Gasteiger partial charge in [-0.1, -0.05) is 25.0 Å². The van der Waals surface area contributed by atoms with Gasteiger partial charge in [-0.3, -0.25) is 0 Å². The topological polar surface area (TPSA) is 21.3 Å². The van der Waals surface area contributed by atoms with E-state index < -0.39 is 0 Å². The van der Waals surface area contributed by atoms with Gasteiger partial charge in [-0.2, -0.15) is 0 Å². The summed E-state index contributed by atoms with van der Waals surface area (Å²) in [5, 5.41) is 3.26.